The molecule has 2 heteroatoms. The molecule has 0 aromatic heterocycles. The maximum atomic E-state index is 12.1. The van der Waals surface area contributed by atoms with Crippen molar-refractivity contribution in [1.82, 2.24) is 0 Å². The third-order valence-corrected chi connectivity index (χ3v) is 6.33. The highest BCUT2D eigenvalue weighted by Crippen LogP contribution is 2.56. The van der Waals surface area contributed by atoms with Crippen molar-refractivity contribution in [2.45, 2.75) is 52.4 Å². The van der Waals surface area contributed by atoms with Crippen LogP contribution < -0.4 is 4.74 Å². The minimum atomic E-state index is 0.114. The van der Waals surface area contributed by atoms with E-state index in [1.807, 2.05) is 6.92 Å². The number of carbonyl (C=O) groups is 1. The number of carbonyl (C=O) groups excluding carboxylic acids is 1. The summed E-state index contributed by atoms with van der Waals surface area (Å²) in [4.78, 5) is 12.1. The maximum absolute atomic E-state index is 12.1. The number of aryl methyl sites for hydroxylation is 1. The Labute approximate surface area is 138 Å². The molecule has 1 atom stereocenters. The lowest BCUT2D eigenvalue weighted by Gasteiger charge is -2.46. The van der Waals surface area contributed by atoms with Gasteiger partial charge in [0.2, 0.25) is 0 Å². The van der Waals surface area contributed by atoms with Crippen LogP contribution in [0, 0.1) is 5.41 Å². The minimum absolute atomic E-state index is 0.114. The van der Waals surface area contributed by atoms with Crippen LogP contribution in [0.15, 0.2) is 34.9 Å². The van der Waals surface area contributed by atoms with Crippen LogP contribution in [0.2, 0.25) is 0 Å². The lowest BCUT2D eigenvalue weighted by Crippen LogP contribution is -2.34. The van der Waals surface area contributed by atoms with Crippen LogP contribution in [0.3, 0.4) is 0 Å². The summed E-state index contributed by atoms with van der Waals surface area (Å²) in [6, 6.07) is 6.52. The SMILES string of the molecule is COc1ccc2c(c1)CCC1=C2CCC2=C(C)C(=O)CC[C@]21C. The number of ether oxygens (including phenoxy) is 1. The van der Waals surface area contributed by atoms with Crippen LogP contribution in [-0.2, 0) is 11.2 Å². The van der Waals surface area contributed by atoms with Crippen molar-refractivity contribution in [3.63, 3.8) is 0 Å². The molecule has 120 valence electrons. The maximum Gasteiger partial charge on any atom is 0.158 e. The molecule has 0 amide bonds. The van der Waals surface area contributed by atoms with Gasteiger partial charge < -0.3 is 4.74 Å². The molecule has 4 rings (SSSR count). The smallest absolute Gasteiger partial charge is 0.158 e. The van der Waals surface area contributed by atoms with E-state index >= 15 is 0 Å². The largest absolute Gasteiger partial charge is 0.497 e. The summed E-state index contributed by atoms with van der Waals surface area (Å²) in [6.07, 6.45) is 6.02. The summed E-state index contributed by atoms with van der Waals surface area (Å²) in [7, 11) is 1.73. The van der Waals surface area contributed by atoms with Crippen LogP contribution in [-0.4, -0.2) is 12.9 Å². The Balaban J connectivity index is 1.87. The van der Waals surface area contributed by atoms with Gasteiger partial charge in [-0.2, -0.15) is 0 Å². The van der Waals surface area contributed by atoms with Gasteiger partial charge in [-0.05, 0) is 73.4 Å². The molecule has 23 heavy (non-hydrogen) atoms. The Morgan fingerprint density at radius 1 is 1.04 bits per heavy atom. The zero-order valence-corrected chi connectivity index (χ0v) is 14.3. The van der Waals surface area contributed by atoms with Crippen LogP contribution in [0.25, 0.3) is 5.57 Å². The van der Waals surface area contributed by atoms with Crippen LogP contribution in [0.4, 0.5) is 0 Å². The van der Waals surface area contributed by atoms with E-state index in [1.54, 1.807) is 18.3 Å². The second-order valence-electron chi connectivity index (χ2n) is 7.34. The summed E-state index contributed by atoms with van der Waals surface area (Å²) >= 11 is 0. The van der Waals surface area contributed by atoms with Gasteiger partial charge in [0.05, 0.1) is 7.11 Å². The monoisotopic (exact) mass is 308 g/mol. The summed E-state index contributed by atoms with van der Waals surface area (Å²) in [5.41, 5.74) is 8.56. The first-order valence-corrected chi connectivity index (χ1v) is 8.68. The van der Waals surface area contributed by atoms with E-state index in [1.165, 1.54) is 16.7 Å². The van der Waals surface area contributed by atoms with E-state index in [4.69, 9.17) is 4.74 Å². The van der Waals surface area contributed by atoms with Crippen LogP contribution in [0.5, 0.6) is 5.75 Å². The molecule has 1 aromatic carbocycles. The Kier molecular flexibility index (Phi) is 3.26. The van der Waals surface area contributed by atoms with Crippen molar-refractivity contribution >= 4 is 11.4 Å². The minimum Gasteiger partial charge on any atom is -0.497 e. The van der Waals surface area contributed by atoms with Crippen molar-refractivity contribution < 1.29 is 9.53 Å². The van der Waals surface area contributed by atoms with E-state index in [0.717, 1.165) is 43.4 Å². The number of rotatable bonds is 1. The standard InChI is InChI=1S/C21H24O2/c1-13-18-9-7-17-16-6-5-15(23-3)12-14(16)4-8-19(17)21(18,2)11-10-20(13)22/h5-6,12H,4,7-11H2,1-3H3/t21-/m1/s1. The Morgan fingerprint density at radius 2 is 1.83 bits per heavy atom. The Morgan fingerprint density at radius 3 is 2.61 bits per heavy atom. The van der Waals surface area contributed by atoms with E-state index in [0.29, 0.717) is 12.2 Å². The summed E-state index contributed by atoms with van der Waals surface area (Å²) in [5, 5.41) is 0. The van der Waals surface area contributed by atoms with E-state index in [2.05, 4.69) is 25.1 Å². The number of allylic oxidation sites excluding steroid dienone is 4. The van der Waals surface area contributed by atoms with Gasteiger partial charge in [0.25, 0.3) is 0 Å². The number of hydrogen-bond acceptors (Lipinski definition) is 2. The average molecular weight is 308 g/mol. The number of benzene rings is 1. The average Bonchev–Trinajstić information content (AvgIpc) is 2.57. The summed E-state index contributed by atoms with van der Waals surface area (Å²) < 4.78 is 5.39. The van der Waals surface area contributed by atoms with Crippen molar-refractivity contribution in [2.75, 3.05) is 7.11 Å². The zero-order valence-electron chi connectivity index (χ0n) is 14.3. The van der Waals surface area contributed by atoms with Gasteiger partial charge in [-0.15, -0.1) is 0 Å². The second kappa shape index (κ2) is 5.09. The third-order valence-electron chi connectivity index (χ3n) is 6.33. The normalized spacial score (nSPS) is 26.7. The Hall–Kier alpha value is -1.83. The molecule has 0 heterocycles. The fourth-order valence-electron chi connectivity index (χ4n) is 5.00. The quantitative estimate of drug-likeness (QED) is 0.739. The number of Topliss-reactive ketones (excluding diaryl/α,β-unsaturated/α-hetero) is 1. The van der Waals surface area contributed by atoms with Gasteiger partial charge >= 0.3 is 0 Å². The molecule has 2 nitrogen and oxygen atoms in total. The predicted molar refractivity (Wildman–Crippen MR) is 92.5 cm³/mol. The molecule has 0 bridgehead atoms. The first-order chi connectivity index (χ1) is 11.0. The van der Waals surface area contributed by atoms with Crippen molar-refractivity contribution in [1.29, 1.82) is 0 Å². The first kappa shape index (κ1) is 14.7. The van der Waals surface area contributed by atoms with E-state index < -0.39 is 0 Å². The molecule has 0 aliphatic heterocycles. The topological polar surface area (TPSA) is 26.3 Å². The second-order valence-corrected chi connectivity index (χ2v) is 7.34. The van der Waals surface area contributed by atoms with Gasteiger partial charge in [-0.1, -0.05) is 24.1 Å². The van der Waals surface area contributed by atoms with Gasteiger partial charge in [0.15, 0.2) is 5.78 Å². The van der Waals surface area contributed by atoms with Crippen molar-refractivity contribution in [3.8, 4) is 5.75 Å². The van der Waals surface area contributed by atoms with Crippen molar-refractivity contribution in [2.24, 2.45) is 5.41 Å². The highest BCUT2D eigenvalue weighted by Gasteiger charge is 2.43. The molecule has 1 aromatic rings. The lowest BCUT2D eigenvalue weighted by atomic mass is 9.58. The number of hydrogen-bond donors (Lipinski definition) is 0. The molecule has 0 saturated carbocycles. The first-order valence-electron chi connectivity index (χ1n) is 8.68. The summed E-state index contributed by atoms with van der Waals surface area (Å²) in [5.74, 6) is 1.32. The predicted octanol–water partition coefficient (Wildman–Crippen LogP) is 4.87. The molecular formula is C21H24O2. The molecule has 0 radical (unpaired) electrons. The van der Waals surface area contributed by atoms with Gasteiger partial charge in [-0.25, -0.2) is 0 Å². The van der Waals surface area contributed by atoms with Gasteiger partial charge in [-0.3, -0.25) is 4.79 Å². The fraction of sp³-hybridized carbons (Fsp3) is 0.476. The van der Waals surface area contributed by atoms with Crippen LogP contribution >= 0.6 is 0 Å². The molecule has 3 aliphatic rings. The number of fused-ring (bicyclic) bond motifs is 4. The molecule has 0 fully saturated rings. The van der Waals surface area contributed by atoms with Gasteiger partial charge in [0.1, 0.15) is 5.75 Å². The zero-order chi connectivity index (χ0) is 16.2. The van der Waals surface area contributed by atoms with Crippen molar-refractivity contribution in [3.05, 3.63) is 46.0 Å². The lowest BCUT2D eigenvalue weighted by molar-refractivity contribution is -0.116. The fourth-order valence-corrected chi connectivity index (χ4v) is 5.00. The highest BCUT2D eigenvalue weighted by molar-refractivity contribution is 5.97. The van der Waals surface area contributed by atoms with Crippen LogP contribution in [0.1, 0.15) is 57.1 Å². The molecule has 0 unspecified atom stereocenters. The Bertz CT molecular complexity index is 766. The number of ketones is 1. The van der Waals surface area contributed by atoms with E-state index in [9.17, 15) is 4.79 Å². The highest BCUT2D eigenvalue weighted by atomic mass is 16.5. The molecule has 0 N–H and O–H groups in total. The molecule has 0 spiro atoms. The van der Waals surface area contributed by atoms with E-state index in [-0.39, 0.29) is 5.41 Å². The summed E-state index contributed by atoms with van der Waals surface area (Å²) in [6.45, 7) is 4.42. The molecular weight excluding hydrogens is 284 g/mol. The molecule has 0 saturated heterocycles. The van der Waals surface area contributed by atoms with Gasteiger partial charge in [0, 0.05) is 11.8 Å². The third kappa shape index (κ3) is 2.04. The number of methoxy groups -OCH3 is 1. The molecule has 3 aliphatic carbocycles.